The highest BCUT2D eigenvalue weighted by molar-refractivity contribution is 5.85. The zero-order valence-electron chi connectivity index (χ0n) is 14.7. The van der Waals surface area contributed by atoms with E-state index >= 15 is 0 Å². The normalized spacial score (nSPS) is 28.4. The molecule has 4 rings (SSSR count). The van der Waals surface area contributed by atoms with Crippen molar-refractivity contribution in [1.82, 2.24) is 4.90 Å². The molecular formula is C20H27ClN2O2. The summed E-state index contributed by atoms with van der Waals surface area (Å²) in [5, 5.41) is 1.09. The molecule has 0 spiro atoms. The molecule has 1 heterocycles. The van der Waals surface area contributed by atoms with E-state index in [0.717, 1.165) is 29.6 Å². The van der Waals surface area contributed by atoms with Crippen LogP contribution in [0.15, 0.2) is 34.7 Å². The molecule has 2 saturated carbocycles. The van der Waals surface area contributed by atoms with Gasteiger partial charge in [-0.25, -0.2) is 0 Å². The van der Waals surface area contributed by atoms with E-state index in [-0.39, 0.29) is 24.2 Å². The number of nitrogens with two attached hydrogens (primary N) is 1. The van der Waals surface area contributed by atoms with Crippen molar-refractivity contribution in [3.05, 3.63) is 36.1 Å². The summed E-state index contributed by atoms with van der Waals surface area (Å²) in [5.41, 5.74) is 7.23. The van der Waals surface area contributed by atoms with Crippen LogP contribution < -0.4 is 5.73 Å². The number of amides is 1. The summed E-state index contributed by atoms with van der Waals surface area (Å²) >= 11 is 0. The van der Waals surface area contributed by atoms with Gasteiger partial charge in [-0.2, -0.15) is 0 Å². The second-order valence-corrected chi connectivity index (χ2v) is 7.64. The number of hydrogen-bond acceptors (Lipinski definition) is 3. The van der Waals surface area contributed by atoms with Crippen LogP contribution in [0.1, 0.15) is 37.9 Å². The van der Waals surface area contributed by atoms with E-state index in [1.54, 1.807) is 0 Å². The van der Waals surface area contributed by atoms with Crippen molar-refractivity contribution >= 4 is 29.3 Å². The summed E-state index contributed by atoms with van der Waals surface area (Å²) in [6.45, 7) is 0.533. The van der Waals surface area contributed by atoms with Crippen LogP contribution >= 0.6 is 12.4 Å². The Morgan fingerprint density at radius 3 is 2.60 bits per heavy atom. The molecule has 4 nitrogen and oxygen atoms in total. The van der Waals surface area contributed by atoms with E-state index in [2.05, 4.69) is 0 Å². The first-order valence-corrected chi connectivity index (χ1v) is 9.10. The van der Waals surface area contributed by atoms with Crippen molar-refractivity contribution in [3.8, 4) is 0 Å². The minimum Gasteiger partial charge on any atom is -0.459 e. The van der Waals surface area contributed by atoms with Crippen molar-refractivity contribution in [1.29, 1.82) is 0 Å². The first kappa shape index (κ1) is 18.3. The molecule has 2 atom stereocenters. The van der Waals surface area contributed by atoms with E-state index in [1.165, 1.54) is 19.3 Å². The SMILES string of the molecule is CN(Cc1cc2ccccc2o1)C(=O)C1CC2CCCC(C1)C2N.Cl. The van der Waals surface area contributed by atoms with Gasteiger partial charge in [0.15, 0.2) is 0 Å². The minimum absolute atomic E-state index is 0. The molecule has 2 aliphatic carbocycles. The lowest BCUT2D eigenvalue weighted by Gasteiger charge is -2.44. The summed E-state index contributed by atoms with van der Waals surface area (Å²) in [4.78, 5) is 14.7. The van der Waals surface area contributed by atoms with Crippen molar-refractivity contribution in [2.24, 2.45) is 23.5 Å². The summed E-state index contributed by atoms with van der Waals surface area (Å²) < 4.78 is 5.85. The molecule has 0 aliphatic heterocycles. The Hall–Kier alpha value is -1.52. The van der Waals surface area contributed by atoms with E-state index in [0.29, 0.717) is 24.4 Å². The van der Waals surface area contributed by atoms with Gasteiger partial charge in [0.25, 0.3) is 0 Å². The standard InChI is InChI=1S/C20H26N2O2.ClH/c1-22(12-17-11-13-5-2-3-8-18(13)24-17)20(23)16-9-14-6-4-7-15(10-16)19(14)21;/h2-3,5,8,11,14-16,19H,4,6-7,9-10,12,21H2,1H3;1H. The number of carbonyl (C=O) groups is 1. The first-order chi connectivity index (χ1) is 11.6. The summed E-state index contributed by atoms with van der Waals surface area (Å²) in [7, 11) is 1.89. The van der Waals surface area contributed by atoms with Crippen LogP contribution in [-0.2, 0) is 11.3 Å². The molecule has 2 fully saturated rings. The second kappa shape index (κ2) is 7.38. The van der Waals surface area contributed by atoms with Crippen LogP contribution in [-0.4, -0.2) is 23.9 Å². The molecule has 5 heteroatoms. The molecule has 2 unspecified atom stereocenters. The predicted octanol–water partition coefficient (Wildman–Crippen LogP) is 3.97. The fourth-order valence-corrected chi connectivity index (χ4v) is 4.73. The van der Waals surface area contributed by atoms with Gasteiger partial charge in [-0.1, -0.05) is 24.6 Å². The Balaban J connectivity index is 0.00000182. The fraction of sp³-hybridized carbons (Fsp3) is 0.550. The number of rotatable bonds is 3. The molecule has 2 bridgehead atoms. The van der Waals surface area contributed by atoms with Gasteiger partial charge >= 0.3 is 0 Å². The summed E-state index contributed by atoms with van der Waals surface area (Å²) in [6, 6.07) is 10.3. The maximum absolute atomic E-state index is 12.9. The molecule has 0 radical (unpaired) electrons. The maximum atomic E-state index is 12.9. The predicted molar refractivity (Wildman–Crippen MR) is 101 cm³/mol. The van der Waals surface area contributed by atoms with Crippen molar-refractivity contribution < 1.29 is 9.21 Å². The van der Waals surface area contributed by atoms with Crippen LogP contribution in [0.25, 0.3) is 11.0 Å². The van der Waals surface area contributed by atoms with Crippen LogP contribution in [0, 0.1) is 17.8 Å². The quantitative estimate of drug-likeness (QED) is 0.898. The van der Waals surface area contributed by atoms with Gasteiger partial charge in [-0.05, 0) is 49.7 Å². The number of hydrogen-bond donors (Lipinski definition) is 1. The van der Waals surface area contributed by atoms with Gasteiger partial charge in [0, 0.05) is 24.4 Å². The molecule has 0 saturated heterocycles. The van der Waals surface area contributed by atoms with E-state index < -0.39 is 0 Å². The number of carbonyl (C=O) groups excluding carboxylic acids is 1. The topological polar surface area (TPSA) is 59.5 Å². The third-order valence-corrected chi connectivity index (χ3v) is 6.01. The van der Waals surface area contributed by atoms with Gasteiger partial charge in [0.1, 0.15) is 11.3 Å². The molecule has 2 aliphatic rings. The van der Waals surface area contributed by atoms with Gasteiger partial charge in [0.2, 0.25) is 5.91 Å². The Labute approximate surface area is 155 Å². The third kappa shape index (κ3) is 3.56. The lowest BCUT2D eigenvalue weighted by molar-refractivity contribution is -0.138. The van der Waals surface area contributed by atoms with Crippen LogP contribution in [0.4, 0.5) is 0 Å². The Morgan fingerprint density at radius 1 is 1.24 bits per heavy atom. The molecular weight excluding hydrogens is 336 g/mol. The summed E-state index contributed by atoms with van der Waals surface area (Å²) in [5.74, 6) is 2.30. The number of nitrogens with zero attached hydrogens (tertiary/aromatic N) is 1. The van der Waals surface area contributed by atoms with Crippen molar-refractivity contribution in [3.63, 3.8) is 0 Å². The average molecular weight is 363 g/mol. The van der Waals surface area contributed by atoms with Gasteiger partial charge in [-0.15, -0.1) is 12.4 Å². The molecule has 2 N–H and O–H groups in total. The summed E-state index contributed by atoms with van der Waals surface area (Å²) in [6.07, 6.45) is 5.57. The Morgan fingerprint density at radius 2 is 1.92 bits per heavy atom. The zero-order valence-corrected chi connectivity index (χ0v) is 15.5. The van der Waals surface area contributed by atoms with E-state index in [9.17, 15) is 4.79 Å². The smallest absolute Gasteiger partial charge is 0.225 e. The highest BCUT2D eigenvalue weighted by Gasteiger charge is 2.41. The van der Waals surface area contributed by atoms with Crippen LogP contribution in [0.3, 0.4) is 0 Å². The lowest BCUT2D eigenvalue weighted by atomic mass is 9.65. The third-order valence-electron chi connectivity index (χ3n) is 6.01. The van der Waals surface area contributed by atoms with Gasteiger partial charge < -0.3 is 15.1 Å². The largest absolute Gasteiger partial charge is 0.459 e. The average Bonchev–Trinajstić information content (AvgIpc) is 2.96. The highest BCUT2D eigenvalue weighted by Crippen LogP contribution is 2.42. The van der Waals surface area contributed by atoms with E-state index in [1.807, 2.05) is 42.3 Å². The monoisotopic (exact) mass is 362 g/mol. The lowest BCUT2D eigenvalue weighted by Crippen LogP contribution is -2.49. The fourth-order valence-electron chi connectivity index (χ4n) is 4.73. The van der Waals surface area contributed by atoms with Crippen LogP contribution in [0.5, 0.6) is 0 Å². The first-order valence-electron chi connectivity index (χ1n) is 9.10. The number of halogens is 1. The maximum Gasteiger partial charge on any atom is 0.225 e. The second-order valence-electron chi connectivity index (χ2n) is 7.64. The molecule has 136 valence electrons. The van der Waals surface area contributed by atoms with Crippen LogP contribution in [0.2, 0.25) is 0 Å². The molecule has 25 heavy (non-hydrogen) atoms. The Bertz CT molecular complexity index is 697. The highest BCUT2D eigenvalue weighted by atomic mass is 35.5. The van der Waals surface area contributed by atoms with Crippen molar-refractivity contribution in [2.45, 2.75) is 44.7 Å². The number of benzene rings is 1. The minimum atomic E-state index is 0. The number of para-hydroxylation sites is 1. The molecule has 1 amide bonds. The number of fused-ring (bicyclic) bond motifs is 3. The number of furan rings is 1. The van der Waals surface area contributed by atoms with Gasteiger partial charge in [0.05, 0.1) is 6.54 Å². The van der Waals surface area contributed by atoms with E-state index in [4.69, 9.17) is 10.2 Å². The van der Waals surface area contributed by atoms with Gasteiger partial charge in [-0.3, -0.25) is 4.79 Å². The molecule has 2 aromatic rings. The van der Waals surface area contributed by atoms with Crippen molar-refractivity contribution in [2.75, 3.05) is 7.05 Å². The zero-order chi connectivity index (χ0) is 16.7. The molecule has 1 aromatic carbocycles. The molecule has 1 aromatic heterocycles. The Kier molecular flexibility index (Phi) is 5.40.